The van der Waals surface area contributed by atoms with Crippen molar-refractivity contribution < 1.29 is 43.9 Å². The summed E-state index contributed by atoms with van der Waals surface area (Å²) in [6, 6.07) is 0. The predicted molar refractivity (Wildman–Crippen MR) is 179 cm³/mol. The summed E-state index contributed by atoms with van der Waals surface area (Å²) in [5.41, 5.74) is -0.662. The van der Waals surface area contributed by atoms with Crippen LogP contribution in [0, 0.1) is 17.8 Å². The van der Waals surface area contributed by atoms with E-state index in [0.29, 0.717) is 19.7 Å². The van der Waals surface area contributed by atoms with Gasteiger partial charge in [0.2, 0.25) is 0 Å². The quantitative estimate of drug-likeness (QED) is 0.0740. The molecule has 47 heavy (non-hydrogen) atoms. The third-order valence-electron chi connectivity index (χ3n) is 9.53. The number of rotatable bonds is 13. The van der Waals surface area contributed by atoms with Gasteiger partial charge < -0.3 is 39.6 Å². The minimum atomic E-state index is -1.47. The molecule has 268 valence electrons. The van der Waals surface area contributed by atoms with E-state index in [4.69, 9.17) is 18.9 Å². The minimum absolute atomic E-state index is 0.0938. The maximum Gasteiger partial charge on any atom is 0.407 e. The van der Waals surface area contributed by atoms with Crippen molar-refractivity contribution in [2.24, 2.45) is 17.8 Å². The van der Waals surface area contributed by atoms with Crippen molar-refractivity contribution in [2.45, 2.75) is 129 Å². The number of epoxide rings is 1. The van der Waals surface area contributed by atoms with E-state index in [9.17, 15) is 24.9 Å². The number of alkyl carbamates (subject to hydrolysis) is 1. The Balaban J connectivity index is 1.63. The van der Waals surface area contributed by atoms with E-state index in [1.54, 1.807) is 19.1 Å². The zero-order valence-electron chi connectivity index (χ0n) is 29.3. The lowest BCUT2D eigenvalue weighted by molar-refractivity contribution is -0.151. The van der Waals surface area contributed by atoms with Crippen LogP contribution in [0.5, 0.6) is 0 Å². The Bertz CT molecular complexity index is 1070. The molecule has 1 amide bonds. The number of amides is 1. The molecular formula is C36H60N2O9. The Kier molecular flexibility index (Phi) is 15.9. The van der Waals surface area contributed by atoms with Gasteiger partial charge in [-0.15, -0.1) is 0 Å². The van der Waals surface area contributed by atoms with Gasteiger partial charge in [-0.05, 0) is 69.9 Å². The van der Waals surface area contributed by atoms with Crippen LogP contribution in [0.4, 0.5) is 4.79 Å². The lowest BCUT2D eigenvalue weighted by atomic mass is 9.88. The number of carbonyl (C=O) groups is 2. The van der Waals surface area contributed by atoms with Crippen LogP contribution in [0.2, 0.25) is 0 Å². The van der Waals surface area contributed by atoms with Crippen molar-refractivity contribution in [3.05, 3.63) is 36.0 Å². The molecule has 2 fully saturated rings. The van der Waals surface area contributed by atoms with Crippen molar-refractivity contribution in [2.75, 3.05) is 33.0 Å². The van der Waals surface area contributed by atoms with E-state index in [2.05, 4.69) is 23.2 Å². The second-order valence-electron chi connectivity index (χ2n) is 14.0. The van der Waals surface area contributed by atoms with Gasteiger partial charge in [0.05, 0.1) is 37.6 Å². The molecule has 3 rings (SSSR count). The van der Waals surface area contributed by atoms with Gasteiger partial charge in [-0.25, -0.2) is 4.79 Å². The summed E-state index contributed by atoms with van der Waals surface area (Å²) >= 11 is 0. The molecule has 3 aliphatic rings. The molecule has 0 aromatic heterocycles. The third kappa shape index (κ3) is 13.3. The van der Waals surface area contributed by atoms with Gasteiger partial charge in [0.1, 0.15) is 11.7 Å². The first-order valence-electron chi connectivity index (χ1n) is 17.5. The topological polar surface area (TPSA) is 150 Å². The van der Waals surface area contributed by atoms with Crippen molar-refractivity contribution in [1.29, 1.82) is 0 Å². The lowest BCUT2D eigenvalue weighted by Crippen LogP contribution is -2.44. The van der Waals surface area contributed by atoms with Crippen molar-refractivity contribution in [1.82, 2.24) is 10.2 Å². The normalized spacial score (nSPS) is 34.0. The van der Waals surface area contributed by atoms with E-state index in [1.807, 2.05) is 39.8 Å². The molecule has 11 nitrogen and oxygen atoms in total. The first-order valence-corrected chi connectivity index (χ1v) is 17.5. The summed E-state index contributed by atoms with van der Waals surface area (Å²) in [5.74, 6) is -0.477. The van der Waals surface area contributed by atoms with Crippen molar-refractivity contribution in [3.8, 4) is 0 Å². The summed E-state index contributed by atoms with van der Waals surface area (Å²) in [4.78, 5) is 27.7. The molecule has 10 atom stereocenters. The fourth-order valence-electron chi connectivity index (χ4n) is 6.26. The second kappa shape index (κ2) is 19.0. The SMILES string of the molecule is CCC(O)C(C)C1OC1CC(C)/C=C/C=C(\C)C1OC(=O)CC(O)CCC(C)(O)C(OC(=O)NCCCN2CCCOC2)/C=C\C1C. The van der Waals surface area contributed by atoms with Gasteiger partial charge in [0.25, 0.3) is 0 Å². The number of hydrogen-bond acceptors (Lipinski definition) is 10. The van der Waals surface area contributed by atoms with Crippen LogP contribution in [-0.4, -0.2) is 107 Å². The lowest BCUT2D eigenvalue weighted by Gasteiger charge is -2.32. The Morgan fingerprint density at radius 3 is 2.77 bits per heavy atom. The number of aliphatic hydroxyl groups excluding tert-OH is 2. The summed E-state index contributed by atoms with van der Waals surface area (Å²) in [6.07, 6.45) is 9.39. The molecule has 11 heteroatoms. The monoisotopic (exact) mass is 664 g/mol. The zero-order valence-corrected chi connectivity index (χ0v) is 29.3. The van der Waals surface area contributed by atoms with Crippen molar-refractivity contribution in [3.63, 3.8) is 0 Å². The molecule has 0 aromatic rings. The van der Waals surface area contributed by atoms with E-state index < -0.39 is 36.0 Å². The number of carbonyl (C=O) groups excluding carboxylic acids is 2. The van der Waals surface area contributed by atoms with Gasteiger partial charge in [0, 0.05) is 38.1 Å². The number of nitrogens with one attached hydrogen (secondary N) is 1. The molecule has 3 aliphatic heterocycles. The molecule has 0 spiro atoms. The Morgan fingerprint density at radius 2 is 2.06 bits per heavy atom. The standard InChI is InChI=1S/C36H60N2O9/c1-7-29(40)27(5)34-30(45-34)21-24(2)11-8-12-25(3)33-26(4)13-14-31(36(6,43)16-15-28(39)22-32(41)47-33)46-35(42)37-17-9-18-38-19-10-20-44-23-38/h8,11-14,24,26-31,33-34,39-40,43H,7,9-10,15-23H2,1-6H3,(H,37,42)/b11-8+,14-13-,25-12+. The molecule has 0 aliphatic carbocycles. The molecule has 0 saturated carbocycles. The fraction of sp³-hybridized carbons (Fsp3) is 0.778. The van der Waals surface area contributed by atoms with Crippen LogP contribution in [0.3, 0.4) is 0 Å². The summed E-state index contributed by atoms with van der Waals surface area (Å²) in [7, 11) is 0. The second-order valence-corrected chi connectivity index (χ2v) is 14.0. The Hall–Kier alpha value is -2.28. The van der Waals surface area contributed by atoms with Crippen LogP contribution < -0.4 is 5.32 Å². The van der Waals surface area contributed by atoms with Crippen LogP contribution in [-0.2, 0) is 23.7 Å². The molecule has 3 heterocycles. The average Bonchev–Trinajstić information content (AvgIpc) is 3.80. The molecule has 0 radical (unpaired) electrons. The highest BCUT2D eigenvalue weighted by Gasteiger charge is 2.45. The first-order chi connectivity index (χ1) is 22.3. The minimum Gasteiger partial charge on any atom is -0.457 e. The fourth-order valence-corrected chi connectivity index (χ4v) is 6.26. The molecule has 2 saturated heterocycles. The summed E-state index contributed by atoms with van der Waals surface area (Å²) < 4.78 is 22.9. The summed E-state index contributed by atoms with van der Waals surface area (Å²) in [5, 5.41) is 34.8. The number of hydrogen-bond donors (Lipinski definition) is 4. The third-order valence-corrected chi connectivity index (χ3v) is 9.53. The highest BCUT2D eigenvalue weighted by atomic mass is 16.6. The smallest absolute Gasteiger partial charge is 0.407 e. The number of ether oxygens (including phenoxy) is 4. The molecule has 0 aromatic carbocycles. The molecule has 0 bridgehead atoms. The Morgan fingerprint density at radius 1 is 1.30 bits per heavy atom. The number of cyclic esters (lactones) is 1. The molecule has 4 N–H and O–H groups in total. The van der Waals surface area contributed by atoms with Crippen LogP contribution >= 0.6 is 0 Å². The van der Waals surface area contributed by atoms with Gasteiger partial charge in [0.15, 0.2) is 6.10 Å². The van der Waals surface area contributed by atoms with Gasteiger partial charge in [-0.1, -0.05) is 52.0 Å². The van der Waals surface area contributed by atoms with Gasteiger partial charge in [-0.2, -0.15) is 0 Å². The van der Waals surface area contributed by atoms with E-state index in [0.717, 1.165) is 44.5 Å². The number of aliphatic hydroxyl groups is 3. The molecule has 10 unspecified atom stereocenters. The maximum absolute atomic E-state index is 12.8. The van der Waals surface area contributed by atoms with Crippen LogP contribution in [0.25, 0.3) is 0 Å². The van der Waals surface area contributed by atoms with E-state index in [1.165, 1.54) is 0 Å². The maximum atomic E-state index is 12.8. The van der Waals surface area contributed by atoms with Gasteiger partial charge in [-0.3, -0.25) is 9.69 Å². The highest BCUT2D eigenvalue weighted by Crippen LogP contribution is 2.36. The van der Waals surface area contributed by atoms with Crippen LogP contribution in [0.1, 0.15) is 86.5 Å². The van der Waals surface area contributed by atoms with E-state index >= 15 is 0 Å². The van der Waals surface area contributed by atoms with Gasteiger partial charge >= 0.3 is 12.1 Å². The number of allylic oxidation sites excluding steroid dienone is 3. The number of esters is 1. The highest BCUT2D eigenvalue weighted by molar-refractivity contribution is 5.70. The zero-order chi connectivity index (χ0) is 34.6. The molecular weight excluding hydrogens is 604 g/mol. The van der Waals surface area contributed by atoms with Crippen LogP contribution in [0.15, 0.2) is 36.0 Å². The number of nitrogens with zero attached hydrogens (tertiary/aromatic N) is 1. The van der Waals surface area contributed by atoms with E-state index in [-0.39, 0.29) is 55.3 Å². The average molecular weight is 665 g/mol. The first kappa shape index (κ1) is 39.2. The predicted octanol–water partition coefficient (Wildman–Crippen LogP) is 4.25. The Labute approximate surface area is 281 Å². The summed E-state index contributed by atoms with van der Waals surface area (Å²) in [6.45, 7) is 15.1. The largest absolute Gasteiger partial charge is 0.457 e. The van der Waals surface area contributed by atoms with Crippen molar-refractivity contribution >= 4 is 12.1 Å².